The van der Waals surface area contributed by atoms with Crippen LogP contribution in [0.5, 0.6) is 0 Å². The van der Waals surface area contributed by atoms with E-state index in [0.29, 0.717) is 5.69 Å². The highest BCUT2D eigenvalue weighted by Crippen LogP contribution is 2.06. The summed E-state index contributed by atoms with van der Waals surface area (Å²) in [6.45, 7) is 2.19. The Morgan fingerprint density at radius 3 is 2.88 bits per heavy atom. The summed E-state index contributed by atoms with van der Waals surface area (Å²) in [6.07, 6.45) is 8.13. The van der Waals surface area contributed by atoms with Crippen LogP contribution in [0.15, 0.2) is 16.0 Å². The largest absolute Gasteiger partial charge is 0.323 e. The number of nitrogens with two attached hydrogens (primary N) is 1. The molecule has 0 aliphatic heterocycles. The van der Waals surface area contributed by atoms with E-state index >= 15 is 0 Å². The van der Waals surface area contributed by atoms with Crippen molar-refractivity contribution in [3.63, 3.8) is 0 Å². The lowest BCUT2D eigenvalue weighted by Crippen LogP contribution is -2.15. The molecular weight excluding hydrogens is 216 g/mol. The first kappa shape index (κ1) is 13.4. The number of hydrogen-bond acceptors (Lipinski definition) is 4. The van der Waals surface area contributed by atoms with Crippen LogP contribution in [0, 0.1) is 0 Å². The Hall–Kier alpha value is -1.65. The van der Waals surface area contributed by atoms with Crippen molar-refractivity contribution in [3.05, 3.63) is 27.7 Å². The van der Waals surface area contributed by atoms with Gasteiger partial charge in [0.1, 0.15) is 5.69 Å². The maximum Gasteiger partial charge on any atom is 0.267 e. The highest BCUT2D eigenvalue weighted by Gasteiger charge is 2.01. The van der Waals surface area contributed by atoms with E-state index in [0.717, 1.165) is 24.8 Å². The summed E-state index contributed by atoms with van der Waals surface area (Å²) in [5, 5.41) is 9.66. The van der Waals surface area contributed by atoms with Gasteiger partial charge in [-0.05, 0) is 18.9 Å². The van der Waals surface area contributed by atoms with E-state index in [1.165, 1.54) is 25.5 Å². The molecule has 0 atom stereocenters. The van der Waals surface area contributed by atoms with Crippen LogP contribution in [0.2, 0.25) is 0 Å². The van der Waals surface area contributed by atoms with Crippen molar-refractivity contribution in [2.24, 2.45) is 10.9 Å². The lowest BCUT2D eigenvalue weighted by Gasteiger charge is -2.01. The summed E-state index contributed by atoms with van der Waals surface area (Å²) in [5.74, 6) is 5.04. The lowest BCUT2D eigenvalue weighted by molar-refractivity contribution is 0.629. The lowest BCUT2D eigenvalue weighted by atomic mass is 10.1. The molecule has 0 aromatic carbocycles. The molecule has 1 rings (SSSR count). The summed E-state index contributed by atoms with van der Waals surface area (Å²) in [7, 11) is 0. The van der Waals surface area contributed by atoms with Crippen LogP contribution in [0.1, 0.15) is 50.3 Å². The fourth-order valence-electron chi connectivity index (χ4n) is 1.71. The molecule has 17 heavy (non-hydrogen) atoms. The van der Waals surface area contributed by atoms with E-state index in [9.17, 15) is 4.79 Å². The van der Waals surface area contributed by atoms with Gasteiger partial charge in [-0.15, -0.1) is 0 Å². The SMILES string of the molecule is CCCCCCCc1cc(/C=N/N)n[nH]c1=O. The molecule has 94 valence electrons. The smallest absolute Gasteiger partial charge is 0.267 e. The van der Waals surface area contributed by atoms with Crippen molar-refractivity contribution < 1.29 is 0 Å². The van der Waals surface area contributed by atoms with Crippen molar-refractivity contribution in [1.82, 2.24) is 10.2 Å². The predicted octanol–water partition coefficient (Wildman–Crippen LogP) is 1.58. The van der Waals surface area contributed by atoms with E-state index < -0.39 is 0 Å². The van der Waals surface area contributed by atoms with Gasteiger partial charge in [0.2, 0.25) is 0 Å². The van der Waals surface area contributed by atoms with Crippen molar-refractivity contribution in [2.45, 2.75) is 45.4 Å². The van der Waals surface area contributed by atoms with Crippen LogP contribution in [-0.4, -0.2) is 16.4 Å². The highest BCUT2D eigenvalue weighted by molar-refractivity contribution is 5.76. The molecular formula is C12H20N4O. The van der Waals surface area contributed by atoms with Crippen molar-refractivity contribution >= 4 is 6.21 Å². The van der Waals surface area contributed by atoms with Gasteiger partial charge >= 0.3 is 0 Å². The van der Waals surface area contributed by atoms with Crippen LogP contribution >= 0.6 is 0 Å². The highest BCUT2D eigenvalue weighted by atomic mass is 16.1. The molecule has 0 saturated carbocycles. The molecule has 0 saturated heterocycles. The van der Waals surface area contributed by atoms with Gasteiger partial charge in [-0.1, -0.05) is 32.6 Å². The van der Waals surface area contributed by atoms with E-state index in [1.54, 1.807) is 6.07 Å². The third kappa shape index (κ3) is 4.80. The molecule has 0 unspecified atom stereocenters. The average Bonchev–Trinajstić information content (AvgIpc) is 2.33. The molecule has 3 N–H and O–H groups in total. The van der Waals surface area contributed by atoms with Crippen LogP contribution in [0.25, 0.3) is 0 Å². The number of aromatic amines is 1. The number of aromatic nitrogens is 2. The molecule has 0 spiro atoms. The van der Waals surface area contributed by atoms with Crippen molar-refractivity contribution in [1.29, 1.82) is 0 Å². The molecule has 0 fully saturated rings. The minimum absolute atomic E-state index is 0.116. The summed E-state index contributed by atoms with van der Waals surface area (Å²) < 4.78 is 0. The molecule has 0 radical (unpaired) electrons. The minimum atomic E-state index is -0.116. The first-order chi connectivity index (χ1) is 8.27. The van der Waals surface area contributed by atoms with Crippen LogP contribution in [0.3, 0.4) is 0 Å². The van der Waals surface area contributed by atoms with Gasteiger partial charge in [-0.25, -0.2) is 5.10 Å². The van der Waals surface area contributed by atoms with E-state index in [1.807, 2.05) is 0 Å². The van der Waals surface area contributed by atoms with Gasteiger partial charge in [0.15, 0.2) is 0 Å². The van der Waals surface area contributed by atoms with Crippen LogP contribution < -0.4 is 11.4 Å². The molecule has 1 heterocycles. The van der Waals surface area contributed by atoms with Gasteiger partial charge in [0, 0.05) is 5.56 Å². The van der Waals surface area contributed by atoms with Crippen LogP contribution in [0.4, 0.5) is 0 Å². The second-order valence-electron chi connectivity index (χ2n) is 4.09. The molecule has 1 aromatic rings. The van der Waals surface area contributed by atoms with Gasteiger partial charge in [0.25, 0.3) is 5.56 Å². The number of unbranched alkanes of at least 4 members (excludes halogenated alkanes) is 4. The summed E-state index contributed by atoms with van der Waals surface area (Å²) in [5.41, 5.74) is 1.23. The monoisotopic (exact) mass is 236 g/mol. The Bertz CT molecular complexity index is 411. The normalized spacial score (nSPS) is 11.1. The second kappa shape index (κ2) is 7.60. The van der Waals surface area contributed by atoms with Crippen LogP contribution in [-0.2, 0) is 6.42 Å². The first-order valence-corrected chi connectivity index (χ1v) is 6.09. The predicted molar refractivity (Wildman–Crippen MR) is 69.1 cm³/mol. The average molecular weight is 236 g/mol. The van der Waals surface area contributed by atoms with E-state index in [4.69, 9.17) is 5.84 Å². The van der Waals surface area contributed by atoms with E-state index in [2.05, 4.69) is 22.2 Å². The van der Waals surface area contributed by atoms with Gasteiger partial charge < -0.3 is 5.84 Å². The second-order valence-corrected chi connectivity index (χ2v) is 4.09. The Kier molecular flexibility index (Phi) is 5.99. The Labute approximate surface area is 101 Å². The fourth-order valence-corrected chi connectivity index (χ4v) is 1.71. The standard InChI is InChI=1S/C12H20N4O/c1-2-3-4-5-6-7-10-8-11(9-14-13)15-16-12(10)17/h8-9H,2-7,13H2,1H3,(H,16,17)/b14-9+. The zero-order valence-electron chi connectivity index (χ0n) is 10.3. The zero-order chi connectivity index (χ0) is 12.5. The Morgan fingerprint density at radius 2 is 2.18 bits per heavy atom. The number of hydrogen-bond donors (Lipinski definition) is 2. The number of H-pyrrole nitrogens is 1. The maximum atomic E-state index is 11.5. The molecule has 5 heteroatoms. The summed E-state index contributed by atoms with van der Waals surface area (Å²) in [4.78, 5) is 11.5. The number of nitrogens with zero attached hydrogens (tertiary/aromatic N) is 2. The molecule has 0 aliphatic rings. The number of hydrazone groups is 1. The van der Waals surface area contributed by atoms with Gasteiger partial charge in [0.05, 0.1) is 6.21 Å². The molecule has 0 aliphatic carbocycles. The van der Waals surface area contributed by atoms with E-state index in [-0.39, 0.29) is 5.56 Å². The molecule has 1 aromatic heterocycles. The first-order valence-electron chi connectivity index (χ1n) is 6.09. The third-order valence-corrected chi connectivity index (χ3v) is 2.66. The quantitative estimate of drug-likeness (QED) is 0.326. The summed E-state index contributed by atoms with van der Waals surface area (Å²) >= 11 is 0. The Morgan fingerprint density at radius 1 is 1.41 bits per heavy atom. The summed E-state index contributed by atoms with van der Waals surface area (Å²) in [6, 6.07) is 1.75. The zero-order valence-corrected chi connectivity index (χ0v) is 10.3. The maximum absolute atomic E-state index is 11.5. The topological polar surface area (TPSA) is 84.1 Å². The fraction of sp³-hybridized carbons (Fsp3) is 0.583. The number of nitrogens with one attached hydrogen (secondary N) is 1. The van der Waals surface area contributed by atoms with Crippen molar-refractivity contribution in [3.8, 4) is 0 Å². The molecule has 0 amide bonds. The van der Waals surface area contributed by atoms with Gasteiger partial charge in [-0.3, -0.25) is 4.79 Å². The number of rotatable bonds is 7. The van der Waals surface area contributed by atoms with Gasteiger partial charge in [-0.2, -0.15) is 10.2 Å². The molecule has 5 nitrogen and oxygen atoms in total. The Balaban J connectivity index is 2.51. The number of aryl methyl sites for hydroxylation is 1. The molecule has 0 bridgehead atoms. The minimum Gasteiger partial charge on any atom is -0.323 e. The third-order valence-electron chi connectivity index (χ3n) is 2.66. The van der Waals surface area contributed by atoms with Crippen molar-refractivity contribution in [2.75, 3.05) is 0 Å².